The number of hydrogen-bond donors (Lipinski definition) is 1. The molecule has 1 spiro atoms. The maximum atomic E-state index is 11.8. The Bertz CT molecular complexity index is 922. The molecule has 1 aliphatic carbocycles. The zero-order chi connectivity index (χ0) is 19.4. The number of hydrogen-bond acceptors (Lipinski definition) is 4. The Morgan fingerprint density at radius 1 is 1.44 bits per heavy atom. The lowest BCUT2D eigenvalue weighted by Gasteiger charge is -2.49. The van der Waals surface area contributed by atoms with E-state index in [-0.39, 0.29) is 17.4 Å². The molecule has 4 rings (SSSR count). The van der Waals surface area contributed by atoms with Gasteiger partial charge in [-0.05, 0) is 31.8 Å². The van der Waals surface area contributed by atoms with Crippen molar-refractivity contribution in [2.45, 2.75) is 38.3 Å². The molecule has 6 nitrogen and oxygen atoms in total. The molecule has 2 aliphatic heterocycles. The Hall–Kier alpha value is -1.70. The van der Waals surface area contributed by atoms with E-state index in [4.69, 9.17) is 0 Å². The van der Waals surface area contributed by atoms with Gasteiger partial charge in [0.2, 0.25) is 10.0 Å². The highest BCUT2D eigenvalue weighted by Gasteiger charge is 2.59. The second kappa shape index (κ2) is 6.43. The summed E-state index contributed by atoms with van der Waals surface area (Å²) in [7, 11) is -3.18. The average Bonchev–Trinajstić information content (AvgIpc) is 3.21. The van der Waals surface area contributed by atoms with Crippen molar-refractivity contribution in [1.82, 2.24) is 13.9 Å². The minimum absolute atomic E-state index is 0.0740. The number of nitrogens with zero attached hydrogens (tertiary/aromatic N) is 3. The number of aliphatic hydroxyl groups excluding tert-OH is 1. The smallest absolute Gasteiger partial charge is 0.211 e. The van der Waals surface area contributed by atoms with Crippen molar-refractivity contribution < 1.29 is 13.5 Å². The van der Waals surface area contributed by atoms with E-state index < -0.39 is 16.1 Å². The summed E-state index contributed by atoms with van der Waals surface area (Å²) in [4.78, 5) is 4.32. The Kier molecular flexibility index (Phi) is 4.44. The van der Waals surface area contributed by atoms with Crippen LogP contribution in [0.1, 0.15) is 37.9 Å². The molecule has 3 aliphatic rings. The van der Waals surface area contributed by atoms with Gasteiger partial charge in [0, 0.05) is 30.0 Å². The third-order valence-electron chi connectivity index (χ3n) is 6.56. The highest BCUT2D eigenvalue weighted by Crippen LogP contribution is 2.55. The summed E-state index contributed by atoms with van der Waals surface area (Å²) >= 11 is 0. The van der Waals surface area contributed by atoms with E-state index in [0.29, 0.717) is 13.1 Å². The fraction of sp³-hybridized carbons (Fsp3) is 0.550. The molecule has 7 heteroatoms. The van der Waals surface area contributed by atoms with Crippen molar-refractivity contribution >= 4 is 15.6 Å². The lowest BCUT2D eigenvalue weighted by atomic mass is 9.75. The van der Waals surface area contributed by atoms with Gasteiger partial charge in [0.05, 0.1) is 36.6 Å². The molecule has 1 N–H and O–H groups in total. The average molecular weight is 390 g/mol. The fourth-order valence-electron chi connectivity index (χ4n) is 5.11. The molecule has 1 saturated carbocycles. The normalized spacial score (nSPS) is 30.3. The molecule has 27 heavy (non-hydrogen) atoms. The van der Waals surface area contributed by atoms with E-state index in [1.54, 1.807) is 0 Å². The molecule has 146 valence electrons. The van der Waals surface area contributed by atoms with Gasteiger partial charge in [-0.15, -0.1) is 6.58 Å². The molecule has 1 aromatic rings. The summed E-state index contributed by atoms with van der Waals surface area (Å²) in [6, 6.07) is 0.0764. The SMILES string of the molecule is C=CC/C=C\C1=C(C)[C@@H]([C@H]2CCC3(CN(S(C)(=O)=O)C3)[C@@H]2O)n2cncc21. The zero-order valence-electron chi connectivity index (χ0n) is 15.9. The van der Waals surface area contributed by atoms with E-state index in [9.17, 15) is 13.5 Å². The van der Waals surface area contributed by atoms with Crippen LogP contribution in [0.2, 0.25) is 0 Å². The number of rotatable bonds is 5. The highest BCUT2D eigenvalue weighted by molar-refractivity contribution is 7.88. The quantitative estimate of drug-likeness (QED) is 0.785. The summed E-state index contributed by atoms with van der Waals surface area (Å²) < 4.78 is 27.2. The Morgan fingerprint density at radius 3 is 2.85 bits per heavy atom. The molecule has 2 fully saturated rings. The second-order valence-electron chi connectivity index (χ2n) is 8.20. The van der Waals surface area contributed by atoms with Crippen LogP contribution in [0.3, 0.4) is 0 Å². The van der Waals surface area contributed by atoms with Crippen LogP contribution in [0, 0.1) is 11.3 Å². The minimum atomic E-state index is -3.18. The van der Waals surface area contributed by atoms with Crippen molar-refractivity contribution in [2.24, 2.45) is 11.3 Å². The van der Waals surface area contributed by atoms with Crippen molar-refractivity contribution in [2.75, 3.05) is 19.3 Å². The molecule has 1 saturated heterocycles. The lowest BCUT2D eigenvalue weighted by Crippen LogP contribution is -2.62. The van der Waals surface area contributed by atoms with E-state index in [0.717, 1.165) is 25.0 Å². The van der Waals surface area contributed by atoms with Crippen molar-refractivity contribution in [1.29, 1.82) is 0 Å². The first-order chi connectivity index (χ1) is 12.8. The Morgan fingerprint density at radius 2 is 2.19 bits per heavy atom. The van der Waals surface area contributed by atoms with E-state index in [1.165, 1.54) is 21.7 Å². The van der Waals surface area contributed by atoms with Crippen LogP contribution >= 0.6 is 0 Å². The lowest BCUT2D eigenvalue weighted by molar-refractivity contribution is -0.0550. The number of fused-ring (bicyclic) bond motifs is 1. The molecule has 1 aromatic heterocycles. The molecule has 0 radical (unpaired) electrons. The highest BCUT2D eigenvalue weighted by atomic mass is 32.2. The molecular weight excluding hydrogens is 362 g/mol. The van der Waals surface area contributed by atoms with E-state index in [1.807, 2.05) is 18.6 Å². The fourth-order valence-corrected chi connectivity index (χ4v) is 6.09. The van der Waals surface area contributed by atoms with E-state index in [2.05, 4.69) is 35.2 Å². The first-order valence-corrected chi connectivity index (χ1v) is 11.3. The second-order valence-corrected chi connectivity index (χ2v) is 10.2. The third-order valence-corrected chi connectivity index (χ3v) is 7.76. The van der Waals surface area contributed by atoms with Crippen LogP contribution in [0.25, 0.3) is 5.57 Å². The topological polar surface area (TPSA) is 75.4 Å². The van der Waals surface area contributed by atoms with Gasteiger partial charge in [0.1, 0.15) is 0 Å². The van der Waals surface area contributed by atoms with Gasteiger partial charge >= 0.3 is 0 Å². The zero-order valence-corrected chi connectivity index (χ0v) is 16.7. The Balaban J connectivity index is 1.60. The van der Waals surface area contributed by atoms with Crippen LogP contribution in [0.5, 0.6) is 0 Å². The van der Waals surface area contributed by atoms with Gasteiger partial charge in [-0.3, -0.25) is 0 Å². The molecule has 0 bridgehead atoms. The van der Waals surface area contributed by atoms with Crippen molar-refractivity contribution in [3.8, 4) is 0 Å². The number of imidazole rings is 1. The number of allylic oxidation sites excluding steroid dienone is 5. The third kappa shape index (κ3) is 2.83. The van der Waals surface area contributed by atoms with Gasteiger partial charge < -0.3 is 9.67 Å². The molecule has 0 aromatic carbocycles. The first kappa shape index (κ1) is 18.7. The molecular formula is C20H27N3O3S. The van der Waals surface area contributed by atoms with Gasteiger partial charge in [-0.2, -0.15) is 0 Å². The number of sulfonamides is 1. The van der Waals surface area contributed by atoms with E-state index >= 15 is 0 Å². The van der Waals surface area contributed by atoms with Crippen molar-refractivity contribution in [3.63, 3.8) is 0 Å². The first-order valence-electron chi connectivity index (χ1n) is 9.42. The largest absolute Gasteiger partial charge is 0.392 e. The molecule has 0 unspecified atom stereocenters. The minimum Gasteiger partial charge on any atom is -0.392 e. The van der Waals surface area contributed by atoms with Gasteiger partial charge in [-0.1, -0.05) is 18.2 Å². The standard InChI is InChI=1S/C20H27N3O3S/c1-4-5-6-7-15-14(2)18(23-13-21-10-17(15)23)16-8-9-20(19(16)24)11-22(12-20)27(3,25)26/h4,6-7,10,13,16,18-19,24H,1,5,8-9,11-12H2,2-3H3/b7-6-/t16-,18+,19-/m1/s1. The van der Waals surface area contributed by atoms with Crippen LogP contribution in [0.4, 0.5) is 0 Å². The summed E-state index contributed by atoms with van der Waals surface area (Å²) in [5.74, 6) is 0.0740. The molecule has 0 amide bonds. The monoisotopic (exact) mass is 389 g/mol. The predicted octanol–water partition coefficient (Wildman–Crippen LogP) is 2.38. The molecule has 3 heterocycles. The predicted molar refractivity (Wildman–Crippen MR) is 105 cm³/mol. The van der Waals surface area contributed by atoms with Crippen LogP contribution < -0.4 is 0 Å². The summed E-state index contributed by atoms with van der Waals surface area (Å²) in [5, 5.41) is 11.2. The van der Waals surface area contributed by atoms with Crippen LogP contribution in [-0.2, 0) is 10.0 Å². The summed E-state index contributed by atoms with van der Waals surface area (Å²) in [6.07, 6.45) is 13.1. The maximum Gasteiger partial charge on any atom is 0.211 e. The van der Waals surface area contributed by atoms with Gasteiger partial charge in [-0.25, -0.2) is 17.7 Å². The summed E-state index contributed by atoms with van der Waals surface area (Å²) in [5.41, 5.74) is 3.19. The van der Waals surface area contributed by atoms with Gasteiger partial charge in [0.25, 0.3) is 0 Å². The number of aromatic nitrogens is 2. The van der Waals surface area contributed by atoms with Gasteiger partial charge in [0.15, 0.2) is 0 Å². The molecule has 3 atom stereocenters. The van der Waals surface area contributed by atoms with Crippen molar-refractivity contribution in [3.05, 3.63) is 48.6 Å². The maximum absolute atomic E-state index is 11.8. The number of aliphatic hydroxyl groups is 1. The van der Waals surface area contributed by atoms with Crippen LogP contribution in [0.15, 0.2) is 42.9 Å². The Labute approximate surface area is 161 Å². The van der Waals surface area contributed by atoms with Crippen LogP contribution in [-0.4, -0.2) is 52.8 Å². The summed E-state index contributed by atoms with van der Waals surface area (Å²) in [6.45, 7) is 6.75.